The van der Waals surface area contributed by atoms with Crippen LogP contribution in [-0.2, 0) is 0 Å². The van der Waals surface area contributed by atoms with Crippen LogP contribution in [0.2, 0.25) is 0 Å². The van der Waals surface area contributed by atoms with Crippen molar-refractivity contribution in [3.8, 4) is 0 Å². The molecule has 0 aromatic rings. The summed E-state index contributed by atoms with van der Waals surface area (Å²) in [5.74, 6) is 0.0556. The van der Waals surface area contributed by atoms with Gasteiger partial charge in [0, 0.05) is 0 Å². The van der Waals surface area contributed by atoms with E-state index in [0.717, 1.165) is 0 Å². The Morgan fingerprint density at radius 1 is 1.71 bits per heavy atom. The minimum absolute atomic E-state index is 0.0556. The van der Waals surface area contributed by atoms with Gasteiger partial charge in [0.25, 0.3) is 0 Å². The molecular formula is C5H9NO. The third-order valence-corrected chi connectivity index (χ3v) is 0.658. The van der Waals surface area contributed by atoms with E-state index in [2.05, 4.69) is 0 Å². The average Bonchev–Trinajstić information content (AvgIpc) is 1.65. The third-order valence-electron chi connectivity index (χ3n) is 0.658. The van der Waals surface area contributed by atoms with Crippen LogP contribution >= 0.6 is 0 Å². The fourth-order valence-corrected chi connectivity index (χ4v) is 0.217. The summed E-state index contributed by atoms with van der Waals surface area (Å²) >= 11 is 0. The molecule has 0 spiro atoms. The zero-order valence-electron chi connectivity index (χ0n) is 4.52. The molecular weight excluding hydrogens is 90.1 g/mol. The van der Waals surface area contributed by atoms with Crippen molar-refractivity contribution >= 4 is 5.71 Å². The number of nitrogens with one attached hydrogen (secondary N) is 1. The summed E-state index contributed by atoms with van der Waals surface area (Å²) in [5.41, 5.74) is 0.211. The van der Waals surface area contributed by atoms with Gasteiger partial charge in [-0.15, -0.1) is 0 Å². The zero-order valence-corrected chi connectivity index (χ0v) is 4.52. The van der Waals surface area contributed by atoms with Crippen molar-refractivity contribution in [3.63, 3.8) is 0 Å². The van der Waals surface area contributed by atoms with E-state index in [0.29, 0.717) is 0 Å². The van der Waals surface area contributed by atoms with E-state index < -0.39 is 0 Å². The monoisotopic (exact) mass is 99.1 g/mol. The molecule has 0 saturated carbocycles. The Bertz CT molecular complexity index is 105. The molecule has 0 aliphatic carbocycles. The predicted molar refractivity (Wildman–Crippen MR) is 29.8 cm³/mol. The lowest BCUT2D eigenvalue weighted by Gasteiger charge is -1.88. The second kappa shape index (κ2) is 2.39. The molecule has 0 amide bonds. The van der Waals surface area contributed by atoms with Crippen molar-refractivity contribution in [2.75, 3.05) is 0 Å². The van der Waals surface area contributed by atoms with Crippen LogP contribution in [0, 0.1) is 5.41 Å². The molecule has 0 aliphatic rings. The number of aliphatic hydroxyl groups excluding tert-OH is 1. The zero-order chi connectivity index (χ0) is 5.86. The second-order valence-electron chi connectivity index (χ2n) is 1.30. The molecule has 0 rings (SSSR count). The molecule has 0 aromatic heterocycles. The predicted octanol–water partition coefficient (Wildman–Crippen LogP) is 1.49. The van der Waals surface area contributed by atoms with Crippen LogP contribution in [0.1, 0.15) is 13.8 Å². The van der Waals surface area contributed by atoms with Gasteiger partial charge in [-0.2, -0.15) is 0 Å². The lowest BCUT2D eigenvalue weighted by Crippen LogP contribution is -1.91. The third kappa shape index (κ3) is 1.98. The molecule has 0 atom stereocenters. The van der Waals surface area contributed by atoms with Crippen LogP contribution in [0.25, 0.3) is 0 Å². The highest BCUT2D eigenvalue weighted by atomic mass is 16.3. The first-order valence-corrected chi connectivity index (χ1v) is 2.09. The summed E-state index contributed by atoms with van der Waals surface area (Å²) in [6.07, 6.45) is 1.49. The Kier molecular flexibility index (Phi) is 2.12. The molecule has 0 heterocycles. The molecule has 0 fully saturated rings. The normalized spacial score (nSPS) is 11.4. The number of rotatable bonds is 1. The van der Waals surface area contributed by atoms with Gasteiger partial charge >= 0.3 is 0 Å². The largest absolute Gasteiger partial charge is 0.506 e. The van der Waals surface area contributed by atoms with Crippen LogP contribution in [-0.4, -0.2) is 10.8 Å². The van der Waals surface area contributed by atoms with Crippen LogP contribution in [0.5, 0.6) is 0 Å². The smallest absolute Gasteiger partial charge is 0.131 e. The standard InChI is InChI=1S/C5H9NO/c1-3-5(7)4(2)6/h3,6-7H,1-2H3/b5-3+,6-4?. The lowest BCUT2D eigenvalue weighted by molar-refractivity contribution is 0.441. The van der Waals surface area contributed by atoms with E-state index in [1.165, 1.54) is 13.0 Å². The average molecular weight is 99.1 g/mol. The Labute approximate surface area is 43.0 Å². The summed E-state index contributed by atoms with van der Waals surface area (Å²) in [4.78, 5) is 0. The molecule has 2 heteroatoms. The maximum atomic E-state index is 8.57. The number of hydrogen-bond acceptors (Lipinski definition) is 2. The SMILES string of the molecule is C/C=C(/O)C(C)=N. The van der Waals surface area contributed by atoms with Gasteiger partial charge in [0.15, 0.2) is 0 Å². The van der Waals surface area contributed by atoms with Gasteiger partial charge in [-0.3, -0.25) is 0 Å². The van der Waals surface area contributed by atoms with E-state index in [1.807, 2.05) is 0 Å². The molecule has 0 bridgehead atoms. The van der Waals surface area contributed by atoms with E-state index >= 15 is 0 Å². The van der Waals surface area contributed by atoms with Gasteiger partial charge in [-0.25, -0.2) is 0 Å². The van der Waals surface area contributed by atoms with Gasteiger partial charge in [0.1, 0.15) is 5.76 Å². The van der Waals surface area contributed by atoms with Gasteiger partial charge in [0.05, 0.1) is 5.71 Å². The maximum Gasteiger partial charge on any atom is 0.131 e. The number of hydrogen-bond donors (Lipinski definition) is 2. The van der Waals surface area contributed by atoms with Gasteiger partial charge in [0.2, 0.25) is 0 Å². The summed E-state index contributed by atoms with van der Waals surface area (Å²) in [5, 5.41) is 15.4. The van der Waals surface area contributed by atoms with Crippen molar-refractivity contribution in [2.24, 2.45) is 0 Å². The highest BCUT2D eigenvalue weighted by Gasteiger charge is 1.87. The van der Waals surface area contributed by atoms with Crippen molar-refractivity contribution < 1.29 is 5.11 Å². The molecule has 0 aliphatic heterocycles. The molecule has 0 radical (unpaired) electrons. The summed E-state index contributed by atoms with van der Waals surface area (Å²) < 4.78 is 0. The Balaban J connectivity index is 3.82. The topological polar surface area (TPSA) is 44.1 Å². The van der Waals surface area contributed by atoms with Crippen molar-refractivity contribution in [1.82, 2.24) is 0 Å². The molecule has 2 nitrogen and oxygen atoms in total. The summed E-state index contributed by atoms with van der Waals surface area (Å²) in [7, 11) is 0. The molecule has 0 unspecified atom stereocenters. The summed E-state index contributed by atoms with van der Waals surface area (Å²) in [6.45, 7) is 3.22. The first-order chi connectivity index (χ1) is 3.18. The Hall–Kier alpha value is -0.790. The molecule has 7 heavy (non-hydrogen) atoms. The highest BCUT2D eigenvalue weighted by Crippen LogP contribution is 1.86. The summed E-state index contributed by atoms with van der Waals surface area (Å²) in [6, 6.07) is 0. The molecule has 0 aromatic carbocycles. The highest BCUT2D eigenvalue weighted by molar-refractivity contribution is 5.93. The molecule has 40 valence electrons. The van der Waals surface area contributed by atoms with E-state index in [9.17, 15) is 0 Å². The molecule has 0 saturated heterocycles. The first-order valence-electron chi connectivity index (χ1n) is 2.09. The Morgan fingerprint density at radius 2 is 2.14 bits per heavy atom. The van der Waals surface area contributed by atoms with E-state index in [1.54, 1.807) is 6.92 Å². The van der Waals surface area contributed by atoms with Crippen molar-refractivity contribution in [1.29, 1.82) is 5.41 Å². The van der Waals surface area contributed by atoms with Crippen molar-refractivity contribution in [3.05, 3.63) is 11.8 Å². The maximum absolute atomic E-state index is 8.57. The van der Waals surface area contributed by atoms with Crippen LogP contribution < -0.4 is 0 Å². The quantitative estimate of drug-likeness (QED) is 0.379. The minimum atomic E-state index is 0.0556. The Morgan fingerprint density at radius 3 is 2.14 bits per heavy atom. The van der Waals surface area contributed by atoms with Crippen LogP contribution in [0.15, 0.2) is 11.8 Å². The fraction of sp³-hybridized carbons (Fsp3) is 0.400. The van der Waals surface area contributed by atoms with E-state index in [-0.39, 0.29) is 11.5 Å². The van der Waals surface area contributed by atoms with Gasteiger partial charge in [-0.1, -0.05) is 0 Å². The number of allylic oxidation sites excluding steroid dienone is 2. The lowest BCUT2D eigenvalue weighted by atomic mass is 10.3. The second-order valence-corrected chi connectivity index (χ2v) is 1.30. The fourth-order valence-electron chi connectivity index (χ4n) is 0.217. The molecule has 2 N–H and O–H groups in total. The van der Waals surface area contributed by atoms with Gasteiger partial charge in [-0.05, 0) is 19.9 Å². The minimum Gasteiger partial charge on any atom is -0.506 e. The first kappa shape index (κ1) is 6.21. The van der Waals surface area contributed by atoms with Crippen molar-refractivity contribution in [2.45, 2.75) is 13.8 Å². The van der Waals surface area contributed by atoms with Crippen LogP contribution in [0.3, 0.4) is 0 Å². The van der Waals surface area contributed by atoms with Gasteiger partial charge < -0.3 is 10.5 Å². The number of aliphatic hydroxyl groups is 1. The van der Waals surface area contributed by atoms with Crippen LogP contribution in [0.4, 0.5) is 0 Å². The van der Waals surface area contributed by atoms with E-state index in [4.69, 9.17) is 10.5 Å².